The van der Waals surface area contributed by atoms with E-state index in [0.29, 0.717) is 17.3 Å². The Balaban J connectivity index is 1.58. The van der Waals surface area contributed by atoms with E-state index < -0.39 is 0 Å². The highest BCUT2D eigenvalue weighted by Gasteiger charge is 2.09. The van der Waals surface area contributed by atoms with E-state index in [2.05, 4.69) is 20.5 Å². The van der Waals surface area contributed by atoms with E-state index in [4.69, 9.17) is 0 Å². The van der Waals surface area contributed by atoms with Gasteiger partial charge in [-0.1, -0.05) is 53.7 Å². The Hall–Kier alpha value is -2.93. The predicted molar refractivity (Wildman–Crippen MR) is 107 cm³/mol. The number of carbonyl (C=O) groups is 1. The summed E-state index contributed by atoms with van der Waals surface area (Å²) >= 11 is 1.14. The largest absolute Gasteiger partial charge is 0.325 e. The predicted octanol–water partition coefficient (Wildman–Crippen LogP) is 3.10. The molecule has 0 bridgehead atoms. The van der Waals surface area contributed by atoms with Crippen molar-refractivity contribution in [1.29, 1.82) is 0 Å². The van der Waals surface area contributed by atoms with Gasteiger partial charge in [0.2, 0.25) is 5.91 Å². The van der Waals surface area contributed by atoms with Crippen molar-refractivity contribution in [2.75, 3.05) is 11.1 Å². The minimum Gasteiger partial charge on any atom is -0.325 e. The van der Waals surface area contributed by atoms with Crippen molar-refractivity contribution >= 4 is 23.4 Å². The molecule has 0 saturated carbocycles. The molecule has 27 heavy (non-hydrogen) atoms. The Kier molecular flexibility index (Phi) is 6.03. The highest BCUT2D eigenvalue weighted by molar-refractivity contribution is 7.99. The number of H-pyrrole nitrogens is 1. The van der Waals surface area contributed by atoms with Crippen molar-refractivity contribution in [2.24, 2.45) is 0 Å². The summed E-state index contributed by atoms with van der Waals surface area (Å²) in [5, 5.41) is 11.2. The van der Waals surface area contributed by atoms with Crippen molar-refractivity contribution < 1.29 is 4.79 Å². The molecule has 0 aliphatic carbocycles. The summed E-state index contributed by atoms with van der Waals surface area (Å²) in [5.41, 5.74) is 4.04. The summed E-state index contributed by atoms with van der Waals surface area (Å²) < 4.78 is 0. The van der Waals surface area contributed by atoms with Crippen LogP contribution in [0.3, 0.4) is 0 Å². The molecule has 0 atom stereocenters. The molecule has 0 fully saturated rings. The minimum atomic E-state index is -0.285. The number of anilines is 1. The van der Waals surface area contributed by atoms with E-state index in [0.717, 1.165) is 34.1 Å². The van der Waals surface area contributed by atoms with Gasteiger partial charge in [-0.15, -0.1) is 10.2 Å². The normalized spacial score (nSPS) is 10.6. The van der Waals surface area contributed by atoms with E-state index in [-0.39, 0.29) is 17.2 Å². The lowest BCUT2D eigenvalue weighted by Gasteiger charge is -2.06. The average Bonchev–Trinajstić information content (AvgIpc) is 2.64. The summed E-state index contributed by atoms with van der Waals surface area (Å²) in [5.74, 6) is -0.0347. The minimum absolute atomic E-state index is 0.135. The molecule has 0 unspecified atom stereocenters. The van der Waals surface area contributed by atoms with Gasteiger partial charge in [0, 0.05) is 12.1 Å². The first-order valence-corrected chi connectivity index (χ1v) is 9.49. The van der Waals surface area contributed by atoms with Crippen LogP contribution in [0, 0.1) is 13.8 Å². The zero-order chi connectivity index (χ0) is 19.2. The van der Waals surface area contributed by atoms with Gasteiger partial charge in [-0.05, 0) is 37.1 Å². The number of hydrogen-bond donors (Lipinski definition) is 2. The van der Waals surface area contributed by atoms with Crippen LogP contribution in [0.25, 0.3) is 0 Å². The Morgan fingerprint density at radius 3 is 2.56 bits per heavy atom. The average molecular weight is 380 g/mol. The van der Waals surface area contributed by atoms with Crippen LogP contribution >= 0.6 is 11.8 Å². The monoisotopic (exact) mass is 380 g/mol. The molecule has 138 valence electrons. The third-order valence-corrected chi connectivity index (χ3v) is 4.74. The van der Waals surface area contributed by atoms with Crippen LogP contribution in [0.15, 0.2) is 58.5 Å². The fraction of sp³-hybridized carbons (Fsp3) is 0.200. The Morgan fingerprint density at radius 1 is 1.07 bits per heavy atom. The van der Waals surface area contributed by atoms with E-state index in [1.165, 1.54) is 0 Å². The van der Waals surface area contributed by atoms with Crippen LogP contribution in [-0.4, -0.2) is 26.8 Å². The lowest BCUT2D eigenvalue weighted by atomic mass is 10.1. The number of carbonyl (C=O) groups excluding carboxylic acids is 1. The van der Waals surface area contributed by atoms with Crippen LogP contribution in [0.4, 0.5) is 5.69 Å². The van der Waals surface area contributed by atoms with Crippen molar-refractivity contribution in [2.45, 2.75) is 25.4 Å². The molecule has 0 spiro atoms. The number of nitrogens with zero attached hydrogens (tertiary/aromatic N) is 2. The molecule has 0 saturated heterocycles. The van der Waals surface area contributed by atoms with Crippen LogP contribution in [0.1, 0.15) is 22.4 Å². The molecule has 0 aliphatic heterocycles. The second-order valence-electron chi connectivity index (χ2n) is 6.27. The van der Waals surface area contributed by atoms with Crippen molar-refractivity contribution in [3.05, 3.63) is 81.3 Å². The number of aromatic nitrogens is 3. The number of benzene rings is 2. The van der Waals surface area contributed by atoms with Gasteiger partial charge in [0.05, 0.1) is 5.75 Å². The molecule has 7 heteroatoms. The number of amides is 1. The molecule has 0 aliphatic rings. The summed E-state index contributed by atoms with van der Waals surface area (Å²) in [6, 6.07) is 15.5. The second-order valence-corrected chi connectivity index (χ2v) is 7.24. The molecular formula is C20H20N4O2S. The van der Waals surface area contributed by atoms with Gasteiger partial charge in [-0.25, -0.2) is 0 Å². The third kappa shape index (κ3) is 5.52. The Morgan fingerprint density at radius 2 is 1.85 bits per heavy atom. The molecular weight excluding hydrogens is 360 g/mol. The van der Waals surface area contributed by atoms with Gasteiger partial charge in [0.15, 0.2) is 5.16 Å². The quantitative estimate of drug-likeness (QED) is 0.642. The fourth-order valence-corrected chi connectivity index (χ4v) is 3.08. The first-order chi connectivity index (χ1) is 13.0. The highest BCUT2D eigenvalue weighted by Crippen LogP contribution is 2.13. The number of thioether (sulfide) groups is 1. The Bertz CT molecular complexity index is 999. The van der Waals surface area contributed by atoms with Gasteiger partial charge < -0.3 is 5.32 Å². The van der Waals surface area contributed by atoms with Gasteiger partial charge >= 0.3 is 0 Å². The van der Waals surface area contributed by atoms with Gasteiger partial charge in [0.1, 0.15) is 5.69 Å². The maximum absolute atomic E-state index is 12.2. The SMILES string of the molecule is Cc1ccc(Cc2nnc(SCC(=O)Nc3cccc(C)c3)[nH]c2=O)cc1. The second kappa shape index (κ2) is 8.64. The molecule has 3 rings (SSSR count). The molecule has 2 aromatic carbocycles. The molecule has 2 N–H and O–H groups in total. The van der Waals surface area contributed by atoms with Crippen molar-refractivity contribution in [3.8, 4) is 0 Å². The van der Waals surface area contributed by atoms with Crippen LogP contribution in [0.2, 0.25) is 0 Å². The molecule has 0 radical (unpaired) electrons. The first kappa shape index (κ1) is 18.8. The molecule has 1 aromatic heterocycles. The number of aryl methyl sites for hydroxylation is 2. The maximum Gasteiger partial charge on any atom is 0.273 e. The molecule has 6 nitrogen and oxygen atoms in total. The highest BCUT2D eigenvalue weighted by atomic mass is 32.2. The molecule has 1 heterocycles. The zero-order valence-corrected chi connectivity index (χ0v) is 16.0. The van der Waals surface area contributed by atoms with Crippen molar-refractivity contribution in [1.82, 2.24) is 15.2 Å². The molecule has 3 aromatic rings. The van der Waals surface area contributed by atoms with Gasteiger partial charge in [-0.2, -0.15) is 0 Å². The summed E-state index contributed by atoms with van der Waals surface area (Å²) in [6.45, 7) is 3.97. The number of nitrogens with one attached hydrogen (secondary N) is 2. The Labute approximate surface area is 161 Å². The van der Waals surface area contributed by atoms with E-state index in [1.807, 2.05) is 62.4 Å². The van der Waals surface area contributed by atoms with E-state index in [1.54, 1.807) is 0 Å². The number of hydrogen-bond acceptors (Lipinski definition) is 5. The van der Waals surface area contributed by atoms with E-state index in [9.17, 15) is 9.59 Å². The standard InChI is InChI=1S/C20H20N4O2S/c1-13-6-8-15(9-7-13)11-17-19(26)22-20(24-23-17)27-12-18(25)21-16-5-3-4-14(2)10-16/h3-10H,11-12H2,1-2H3,(H,21,25)(H,22,24,26). The number of aromatic amines is 1. The molecule has 1 amide bonds. The smallest absolute Gasteiger partial charge is 0.273 e. The van der Waals surface area contributed by atoms with Gasteiger partial charge in [-0.3, -0.25) is 14.6 Å². The lowest BCUT2D eigenvalue weighted by Crippen LogP contribution is -2.19. The third-order valence-electron chi connectivity index (χ3n) is 3.88. The first-order valence-electron chi connectivity index (χ1n) is 8.50. The van der Waals surface area contributed by atoms with Crippen LogP contribution < -0.4 is 10.9 Å². The lowest BCUT2D eigenvalue weighted by molar-refractivity contribution is -0.113. The fourth-order valence-electron chi connectivity index (χ4n) is 2.48. The zero-order valence-electron chi connectivity index (χ0n) is 15.2. The maximum atomic E-state index is 12.2. The number of rotatable bonds is 6. The van der Waals surface area contributed by atoms with E-state index >= 15 is 0 Å². The summed E-state index contributed by atoms with van der Waals surface area (Å²) in [6.07, 6.45) is 0.418. The van der Waals surface area contributed by atoms with Crippen LogP contribution in [0.5, 0.6) is 0 Å². The van der Waals surface area contributed by atoms with Gasteiger partial charge in [0.25, 0.3) is 5.56 Å². The summed E-state index contributed by atoms with van der Waals surface area (Å²) in [7, 11) is 0. The topological polar surface area (TPSA) is 87.7 Å². The summed E-state index contributed by atoms with van der Waals surface area (Å²) in [4.78, 5) is 26.9. The van der Waals surface area contributed by atoms with Crippen LogP contribution in [-0.2, 0) is 11.2 Å². The van der Waals surface area contributed by atoms with Crippen molar-refractivity contribution in [3.63, 3.8) is 0 Å².